The molecule has 0 bridgehead atoms. The SMILES string of the molecule is Cc1ccc(-c2csc3ncnc(SCCC(=O)N(C)CCO)c23)cc1. The standard InChI is InChI=1S/C19H21N3O2S2/c1-13-3-5-14(6-4-13)15-11-26-19-17(15)18(20-12-21-19)25-10-7-16(24)22(2)8-9-23/h3-6,11-12,23H,7-10H2,1-2H3. The van der Waals surface area contributed by atoms with E-state index in [-0.39, 0.29) is 12.5 Å². The van der Waals surface area contributed by atoms with E-state index in [0.29, 0.717) is 18.7 Å². The van der Waals surface area contributed by atoms with E-state index >= 15 is 0 Å². The van der Waals surface area contributed by atoms with Gasteiger partial charge in [0.15, 0.2) is 0 Å². The lowest BCUT2D eigenvalue weighted by Crippen LogP contribution is -2.29. The van der Waals surface area contributed by atoms with Gasteiger partial charge in [-0.05, 0) is 12.5 Å². The third-order valence-corrected chi connectivity index (χ3v) is 5.99. The van der Waals surface area contributed by atoms with Gasteiger partial charge in [-0.15, -0.1) is 23.1 Å². The number of thiophene rings is 1. The summed E-state index contributed by atoms with van der Waals surface area (Å²) in [5.41, 5.74) is 3.51. The summed E-state index contributed by atoms with van der Waals surface area (Å²) >= 11 is 3.19. The zero-order valence-electron chi connectivity index (χ0n) is 14.8. The summed E-state index contributed by atoms with van der Waals surface area (Å²) in [7, 11) is 1.71. The van der Waals surface area contributed by atoms with Gasteiger partial charge < -0.3 is 10.0 Å². The van der Waals surface area contributed by atoms with Gasteiger partial charge in [-0.3, -0.25) is 4.79 Å². The number of nitrogens with zero attached hydrogens (tertiary/aromatic N) is 3. The number of carbonyl (C=O) groups excluding carboxylic acids is 1. The number of fused-ring (bicyclic) bond motifs is 1. The summed E-state index contributed by atoms with van der Waals surface area (Å²) in [6.07, 6.45) is 2.00. The molecule has 2 heterocycles. The van der Waals surface area contributed by atoms with E-state index in [2.05, 4.69) is 46.5 Å². The van der Waals surface area contributed by atoms with E-state index in [4.69, 9.17) is 5.11 Å². The second-order valence-electron chi connectivity index (χ2n) is 6.01. The Bertz CT molecular complexity index is 893. The molecule has 0 aliphatic heterocycles. The second-order valence-corrected chi connectivity index (χ2v) is 7.95. The maximum Gasteiger partial charge on any atom is 0.223 e. The largest absolute Gasteiger partial charge is 0.395 e. The third-order valence-electron chi connectivity index (χ3n) is 4.11. The van der Waals surface area contributed by atoms with Crippen molar-refractivity contribution in [1.29, 1.82) is 0 Å². The Labute approximate surface area is 161 Å². The molecule has 0 aliphatic carbocycles. The number of rotatable bonds is 7. The van der Waals surface area contributed by atoms with Crippen molar-refractivity contribution in [1.82, 2.24) is 14.9 Å². The molecule has 0 unspecified atom stereocenters. The Morgan fingerprint density at radius 3 is 2.77 bits per heavy atom. The summed E-state index contributed by atoms with van der Waals surface area (Å²) in [6.45, 7) is 2.42. The molecule has 0 saturated heterocycles. The topological polar surface area (TPSA) is 66.3 Å². The molecule has 0 radical (unpaired) electrons. The van der Waals surface area contributed by atoms with Gasteiger partial charge in [-0.25, -0.2) is 9.97 Å². The summed E-state index contributed by atoms with van der Waals surface area (Å²) in [4.78, 5) is 23.4. The molecule has 0 aliphatic rings. The van der Waals surface area contributed by atoms with Crippen LogP contribution in [0.3, 0.4) is 0 Å². The van der Waals surface area contributed by atoms with Crippen molar-refractivity contribution in [3.63, 3.8) is 0 Å². The summed E-state index contributed by atoms with van der Waals surface area (Å²) in [5, 5.41) is 13.0. The van der Waals surface area contributed by atoms with E-state index in [9.17, 15) is 4.79 Å². The fourth-order valence-electron chi connectivity index (χ4n) is 2.60. The van der Waals surface area contributed by atoms with Gasteiger partial charge in [0.2, 0.25) is 5.91 Å². The Hall–Kier alpha value is -1.96. The van der Waals surface area contributed by atoms with E-state index in [1.807, 2.05) is 0 Å². The minimum atomic E-state index is -0.0171. The molecule has 0 saturated carbocycles. The zero-order chi connectivity index (χ0) is 18.5. The maximum absolute atomic E-state index is 12.0. The lowest BCUT2D eigenvalue weighted by Gasteiger charge is -2.15. The molecule has 3 rings (SSSR count). The van der Waals surface area contributed by atoms with Gasteiger partial charge in [-0.1, -0.05) is 29.8 Å². The van der Waals surface area contributed by atoms with Gasteiger partial charge in [0.1, 0.15) is 16.2 Å². The molecular weight excluding hydrogens is 366 g/mol. The Morgan fingerprint density at radius 2 is 2.04 bits per heavy atom. The van der Waals surface area contributed by atoms with Crippen molar-refractivity contribution < 1.29 is 9.90 Å². The van der Waals surface area contributed by atoms with Crippen molar-refractivity contribution in [2.45, 2.75) is 18.4 Å². The number of likely N-dealkylation sites (N-methyl/N-ethyl adjacent to an activating group) is 1. The molecule has 0 atom stereocenters. The number of aliphatic hydroxyl groups excluding tert-OH is 1. The van der Waals surface area contributed by atoms with Crippen LogP contribution in [0.2, 0.25) is 0 Å². The summed E-state index contributed by atoms with van der Waals surface area (Å²) < 4.78 is 0. The van der Waals surface area contributed by atoms with Gasteiger partial charge in [0, 0.05) is 36.7 Å². The number of aliphatic hydroxyl groups is 1. The van der Waals surface area contributed by atoms with Gasteiger partial charge in [-0.2, -0.15) is 0 Å². The quantitative estimate of drug-likeness (QED) is 0.496. The van der Waals surface area contributed by atoms with E-state index < -0.39 is 0 Å². The van der Waals surface area contributed by atoms with Crippen molar-refractivity contribution >= 4 is 39.2 Å². The number of carbonyl (C=O) groups is 1. The van der Waals surface area contributed by atoms with Crippen LogP contribution in [0, 0.1) is 6.92 Å². The average molecular weight is 388 g/mol. The molecule has 1 aromatic carbocycles. The van der Waals surface area contributed by atoms with Crippen LogP contribution in [0.4, 0.5) is 0 Å². The van der Waals surface area contributed by atoms with Crippen LogP contribution in [0.5, 0.6) is 0 Å². The Kier molecular flexibility index (Phi) is 6.24. The number of thioether (sulfide) groups is 1. The Balaban J connectivity index is 1.79. The van der Waals surface area contributed by atoms with Crippen molar-refractivity contribution in [3.8, 4) is 11.1 Å². The van der Waals surface area contributed by atoms with E-state index in [1.54, 1.807) is 41.4 Å². The monoisotopic (exact) mass is 387 g/mol. The summed E-state index contributed by atoms with van der Waals surface area (Å²) in [6, 6.07) is 8.44. The van der Waals surface area contributed by atoms with Gasteiger partial charge in [0.25, 0.3) is 0 Å². The molecule has 0 fully saturated rings. The fourth-order valence-corrected chi connectivity index (χ4v) is 4.53. The molecular formula is C19H21N3O2S2. The molecule has 3 aromatic rings. The zero-order valence-corrected chi connectivity index (χ0v) is 16.4. The molecule has 2 aromatic heterocycles. The van der Waals surface area contributed by atoms with Crippen LogP contribution in [0.25, 0.3) is 21.3 Å². The van der Waals surface area contributed by atoms with Crippen LogP contribution in [0.15, 0.2) is 41.0 Å². The first-order valence-corrected chi connectivity index (χ1v) is 10.2. The smallest absolute Gasteiger partial charge is 0.223 e. The van der Waals surface area contributed by atoms with Crippen molar-refractivity contribution in [2.75, 3.05) is 26.0 Å². The van der Waals surface area contributed by atoms with Gasteiger partial charge in [0.05, 0.1) is 12.0 Å². The fraction of sp³-hybridized carbons (Fsp3) is 0.316. The van der Waals surface area contributed by atoms with Crippen LogP contribution in [-0.4, -0.2) is 51.8 Å². The average Bonchev–Trinajstić information content (AvgIpc) is 3.07. The van der Waals surface area contributed by atoms with Crippen LogP contribution >= 0.6 is 23.1 Å². The van der Waals surface area contributed by atoms with E-state index in [0.717, 1.165) is 26.4 Å². The number of benzene rings is 1. The maximum atomic E-state index is 12.0. The predicted molar refractivity (Wildman–Crippen MR) is 108 cm³/mol. The lowest BCUT2D eigenvalue weighted by atomic mass is 10.1. The predicted octanol–water partition coefficient (Wildman–Crippen LogP) is 3.60. The number of amides is 1. The number of hydrogen-bond donors (Lipinski definition) is 1. The van der Waals surface area contributed by atoms with Gasteiger partial charge >= 0.3 is 0 Å². The molecule has 136 valence electrons. The molecule has 1 N–H and O–H groups in total. The first-order valence-electron chi connectivity index (χ1n) is 8.37. The van der Waals surface area contributed by atoms with Crippen LogP contribution < -0.4 is 0 Å². The molecule has 5 nitrogen and oxygen atoms in total. The highest BCUT2D eigenvalue weighted by Crippen LogP contribution is 2.38. The number of aromatic nitrogens is 2. The normalized spacial score (nSPS) is 11.0. The minimum absolute atomic E-state index is 0.0171. The minimum Gasteiger partial charge on any atom is -0.395 e. The second kappa shape index (κ2) is 8.62. The highest BCUT2D eigenvalue weighted by molar-refractivity contribution is 7.99. The summed E-state index contributed by atoms with van der Waals surface area (Å²) in [5.74, 6) is 0.671. The third kappa shape index (κ3) is 4.23. The van der Waals surface area contributed by atoms with E-state index in [1.165, 1.54) is 5.56 Å². The van der Waals surface area contributed by atoms with Crippen molar-refractivity contribution in [2.24, 2.45) is 0 Å². The van der Waals surface area contributed by atoms with Crippen LogP contribution in [0.1, 0.15) is 12.0 Å². The first-order chi connectivity index (χ1) is 12.6. The number of hydrogen-bond acceptors (Lipinski definition) is 6. The molecule has 7 heteroatoms. The Morgan fingerprint density at radius 1 is 1.27 bits per heavy atom. The highest BCUT2D eigenvalue weighted by atomic mass is 32.2. The highest BCUT2D eigenvalue weighted by Gasteiger charge is 2.14. The molecule has 0 spiro atoms. The molecule has 1 amide bonds. The molecule has 26 heavy (non-hydrogen) atoms. The lowest BCUT2D eigenvalue weighted by molar-refractivity contribution is -0.129. The number of aryl methyl sites for hydroxylation is 1. The van der Waals surface area contributed by atoms with Crippen LogP contribution in [-0.2, 0) is 4.79 Å². The van der Waals surface area contributed by atoms with Crippen molar-refractivity contribution in [3.05, 3.63) is 41.5 Å². The first kappa shape index (κ1) is 18.8.